The number of benzene rings is 1. The summed E-state index contributed by atoms with van der Waals surface area (Å²) in [6.45, 7) is 3.56. The van der Waals surface area contributed by atoms with Gasteiger partial charge >= 0.3 is 6.09 Å². The Hall–Kier alpha value is -3.15. The van der Waals surface area contributed by atoms with Crippen molar-refractivity contribution in [2.45, 2.75) is 19.9 Å². The van der Waals surface area contributed by atoms with Gasteiger partial charge in [0.25, 0.3) is 0 Å². The minimum atomic E-state index is -1.14. The van der Waals surface area contributed by atoms with Crippen LogP contribution in [0, 0.1) is 6.92 Å². The molecule has 6 heteroatoms. The van der Waals surface area contributed by atoms with Gasteiger partial charge in [-0.05, 0) is 37.6 Å². The molecule has 0 aliphatic rings. The van der Waals surface area contributed by atoms with Crippen LogP contribution in [0.4, 0.5) is 4.79 Å². The van der Waals surface area contributed by atoms with Gasteiger partial charge in [0.15, 0.2) is 5.43 Å². The van der Waals surface area contributed by atoms with Crippen molar-refractivity contribution < 1.29 is 14.3 Å². The van der Waals surface area contributed by atoms with Crippen LogP contribution in [0.5, 0.6) is 0 Å². The van der Waals surface area contributed by atoms with E-state index in [0.717, 1.165) is 5.56 Å². The maximum Gasteiger partial charge on any atom is 0.405 e. The number of carboxylic acid groups (broad SMARTS) is 1. The zero-order valence-electron chi connectivity index (χ0n) is 13.2. The molecule has 24 heavy (non-hydrogen) atoms. The number of aromatic nitrogens is 1. The topological polar surface area (TPSA) is 92.4 Å². The van der Waals surface area contributed by atoms with E-state index in [0.29, 0.717) is 27.9 Å². The highest BCUT2D eigenvalue weighted by molar-refractivity contribution is 5.83. The molecule has 0 fully saturated rings. The first kappa shape index (κ1) is 15.7. The van der Waals surface area contributed by atoms with E-state index < -0.39 is 12.1 Å². The monoisotopic (exact) mass is 324 g/mol. The fourth-order valence-electron chi connectivity index (χ4n) is 2.67. The third-order valence-corrected chi connectivity index (χ3v) is 3.75. The number of pyridine rings is 1. The summed E-state index contributed by atoms with van der Waals surface area (Å²) in [5, 5.41) is 11.8. The summed E-state index contributed by atoms with van der Waals surface area (Å²) in [5.74, 6) is 0.397. The molecule has 0 aliphatic carbocycles. The molecule has 2 N–H and O–H groups in total. The standard InChI is InChI=1S/C18H16N2O4/c1-10-6-13(11(2)20-18(22)23)17-14(7-10)15(21)8-16(24-17)12-4-3-5-19-9-12/h3-9,11,20H,1-2H3,(H,22,23)/t11-/m1/s1. The maximum absolute atomic E-state index is 12.5. The Morgan fingerprint density at radius 1 is 1.33 bits per heavy atom. The van der Waals surface area contributed by atoms with Crippen molar-refractivity contribution in [2.75, 3.05) is 0 Å². The Bertz CT molecular complexity index is 964. The van der Waals surface area contributed by atoms with Crippen molar-refractivity contribution in [2.24, 2.45) is 0 Å². The molecule has 0 aliphatic heterocycles. The van der Waals surface area contributed by atoms with Gasteiger partial charge in [-0.1, -0.05) is 6.07 Å². The molecular weight excluding hydrogens is 308 g/mol. The fraction of sp³-hybridized carbons (Fsp3) is 0.167. The first-order valence-corrected chi connectivity index (χ1v) is 7.44. The summed E-state index contributed by atoms with van der Waals surface area (Å²) >= 11 is 0. The molecule has 1 atom stereocenters. The summed E-state index contributed by atoms with van der Waals surface area (Å²) in [7, 11) is 0. The molecule has 1 aromatic carbocycles. The molecule has 0 spiro atoms. The lowest BCUT2D eigenvalue weighted by Gasteiger charge is -2.15. The minimum absolute atomic E-state index is 0.178. The third-order valence-electron chi connectivity index (χ3n) is 3.75. The minimum Gasteiger partial charge on any atom is -0.465 e. The number of nitrogens with zero attached hydrogens (tertiary/aromatic N) is 1. The Morgan fingerprint density at radius 2 is 2.12 bits per heavy atom. The normalized spacial score (nSPS) is 12.1. The number of amides is 1. The largest absolute Gasteiger partial charge is 0.465 e. The number of hydrogen-bond acceptors (Lipinski definition) is 4. The number of nitrogens with one attached hydrogen (secondary N) is 1. The van der Waals surface area contributed by atoms with Crippen molar-refractivity contribution in [3.63, 3.8) is 0 Å². The van der Waals surface area contributed by atoms with Crippen molar-refractivity contribution >= 4 is 17.1 Å². The second kappa shape index (κ2) is 6.16. The lowest BCUT2D eigenvalue weighted by molar-refractivity contribution is 0.191. The Labute approximate surface area is 137 Å². The van der Waals surface area contributed by atoms with E-state index in [2.05, 4.69) is 10.3 Å². The molecule has 0 saturated carbocycles. The molecular formula is C18H16N2O4. The molecule has 2 aromatic heterocycles. The predicted octanol–water partition coefficient (Wildman–Crippen LogP) is 3.49. The summed E-state index contributed by atoms with van der Waals surface area (Å²) in [4.78, 5) is 27.5. The molecule has 3 rings (SSSR count). The van der Waals surface area contributed by atoms with Gasteiger partial charge in [-0.3, -0.25) is 9.78 Å². The lowest BCUT2D eigenvalue weighted by Crippen LogP contribution is -2.25. The molecule has 0 bridgehead atoms. The van der Waals surface area contributed by atoms with Gasteiger partial charge in [-0.15, -0.1) is 0 Å². The highest BCUT2D eigenvalue weighted by Gasteiger charge is 2.17. The van der Waals surface area contributed by atoms with Crippen LogP contribution in [0.3, 0.4) is 0 Å². The van der Waals surface area contributed by atoms with Gasteiger partial charge in [0.05, 0.1) is 11.4 Å². The quantitative estimate of drug-likeness (QED) is 0.769. The van der Waals surface area contributed by atoms with Gasteiger partial charge in [0.1, 0.15) is 11.3 Å². The van der Waals surface area contributed by atoms with Crippen LogP contribution in [-0.2, 0) is 0 Å². The summed E-state index contributed by atoms with van der Waals surface area (Å²) in [6, 6.07) is 8.02. The van der Waals surface area contributed by atoms with E-state index >= 15 is 0 Å². The van der Waals surface area contributed by atoms with Crippen LogP contribution in [0.25, 0.3) is 22.3 Å². The Kier molecular flexibility index (Phi) is 4.04. The Balaban J connectivity index is 2.26. The van der Waals surface area contributed by atoms with E-state index in [1.165, 1.54) is 6.07 Å². The van der Waals surface area contributed by atoms with Gasteiger partial charge in [-0.25, -0.2) is 4.79 Å². The van der Waals surface area contributed by atoms with E-state index in [4.69, 9.17) is 9.52 Å². The van der Waals surface area contributed by atoms with Crippen LogP contribution in [0.1, 0.15) is 24.1 Å². The maximum atomic E-state index is 12.5. The van der Waals surface area contributed by atoms with E-state index in [1.54, 1.807) is 37.5 Å². The SMILES string of the molecule is Cc1cc([C@@H](C)NC(=O)O)c2oc(-c3cccnc3)cc(=O)c2c1. The second-order valence-electron chi connectivity index (χ2n) is 5.62. The van der Waals surface area contributed by atoms with Crippen molar-refractivity contribution in [3.05, 3.63) is 64.1 Å². The second-order valence-corrected chi connectivity index (χ2v) is 5.62. The number of carbonyl (C=O) groups is 1. The van der Waals surface area contributed by atoms with Crippen molar-refractivity contribution in [1.82, 2.24) is 10.3 Å². The van der Waals surface area contributed by atoms with Gasteiger partial charge < -0.3 is 14.8 Å². The van der Waals surface area contributed by atoms with Crippen LogP contribution in [-0.4, -0.2) is 16.2 Å². The van der Waals surface area contributed by atoms with E-state index in [-0.39, 0.29) is 5.43 Å². The molecule has 0 unspecified atom stereocenters. The van der Waals surface area contributed by atoms with E-state index in [9.17, 15) is 9.59 Å². The zero-order valence-corrected chi connectivity index (χ0v) is 13.2. The number of fused-ring (bicyclic) bond motifs is 1. The first-order valence-electron chi connectivity index (χ1n) is 7.44. The van der Waals surface area contributed by atoms with Crippen LogP contribution < -0.4 is 10.7 Å². The van der Waals surface area contributed by atoms with Crippen LogP contribution in [0.15, 0.2) is 51.9 Å². The van der Waals surface area contributed by atoms with Gasteiger partial charge in [-0.2, -0.15) is 0 Å². The number of aryl methyl sites for hydroxylation is 1. The molecule has 3 aromatic rings. The first-order chi connectivity index (χ1) is 11.5. The fourth-order valence-corrected chi connectivity index (χ4v) is 2.67. The molecule has 6 nitrogen and oxygen atoms in total. The van der Waals surface area contributed by atoms with Gasteiger partial charge in [0.2, 0.25) is 0 Å². The molecule has 0 radical (unpaired) electrons. The predicted molar refractivity (Wildman–Crippen MR) is 90.0 cm³/mol. The highest BCUT2D eigenvalue weighted by Crippen LogP contribution is 2.28. The Morgan fingerprint density at radius 3 is 2.79 bits per heavy atom. The summed E-state index contributed by atoms with van der Waals surface area (Å²) in [6.07, 6.45) is 2.11. The smallest absolute Gasteiger partial charge is 0.405 e. The molecule has 1 amide bonds. The lowest BCUT2D eigenvalue weighted by atomic mass is 10.0. The summed E-state index contributed by atoms with van der Waals surface area (Å²) < 4.78 is 5.94. The van der Waals surface area contributed by atoms with Crippen molar-refractivity contribution in [3.8, 4) is 11.3 Å². The number of hydrogen-bond donors (Lipinski definition) is 2. The average Bonchev–Trinajstić information content (AvgIpc) is 2.55. The summed E-state index contributed by atoms with van der Waals surface area (Å²) in [5.41, 5.74) is 2.37. The van der Waals surface area contributed by atoms with Crippen LogP contribution in [0.2, 0.25) is 0 Å². The highest BCUT2D eigenvalue weighted by atomic mass is 16.4. The number of rotatable bonds is 3. The zero-order chi connectivity index (χ0) is 17.3. The van der Waals surface area contributed by atoms with Gasteiger partial charge in [0, 0.05) is 29.6 Å². The molecule has 0 saturated heterocycles. The van der Waals surface area contributed by atoms with Crippen LogP contribution >= 0.6 is 0 Å². The average molecular weight is 324 g/mol. The molecule has 122 valence electrons. The van der Waals surface area contributed by atoms with Crippen molar-refractivity contribution in [1.29, 1.82) is 0 Å². The molecule has 2 heterocycles. The third kappa shape index (κ3) is 2.99. The van der Waals surface area contributed by atoms with E-state index in [1.807, 2.05) is 13.0 Å².